The fourth-order valence-corrected chi connectivity index (χ4v) is 4.35. The maximum Gasteiger partial charge on any atom is 0.268 e. The molecule has 1 amide bonds. The molecule has 8 heteroatoms. The van der Waals surface area contributed by atoms with E-state index in [0.29, 0.717) is 5.69 Å². The lowest BCUT2D eigenvalue weighted by atomic mass is 9.96. The molecule has 3 heterocycles. The van der Waals surface area contributed by atoms with E-state index in [-0.39, 0.29) is 11.7 Å². The summed E-state index contributed by atoms with van der Waals surface area (Å²) in [7, 11) is 1.89. The van der Waals surface area contributed by atoms with Crippen LogP contribution in [0.2, 0.25) is 0 Å². The van der Waals surface area contributed by atoms with Crippen LogP contribution in [0.5, 0.6) is 0 Å². The van der Waals surface area contributed by atoms with Crippen LogP contribution < -0.4 is 10.6 Å². The van der Waals surface area contributed by atoms with Crippen LogP contribution in [0.25, 0.3) is 10.9 Å². The van der Waals surface area contributed by atoms with Gasteiger partial charge in [0.05, 0.1) is 5.52 Å². The number of carbonyl (C=O) groups is 1. The largest absolute Gasteiger partial charge is 0.364 e. The Morgan fingerprint density at radius 2 is 2.12 bits per heavy atom. The third kappa shape index (κ3) is 2.86. The Morgan fingerprint density at radius 3 is 2.80 bits per heavy atom. The Morgan fingerprint density at radius 1 is 1.36 bits per heavy atom. The molecule has 2 N–H and O–H groups in total. The number of carbonyl (C=O) groups excluding carboxylic acids is 1. The summed E-state index contributed by atoms with van der Waals surface area (Å²) in [5.74, 6) is 0.437. The van der Waals surface area contributed by atoms with Gasteiger partial charge < -0.3 is 15.2 Å². The van der Waals surface area contributed by atoms with E-state index in [1.54, 1.807) is 18.3 Å². The summed E-state index contributed by atoms with van der Waals surface area (Å²) in [6.07, 6.45) is 3.51. The molecule has 3 aromatic rings. The number of aromatic nitrogens is 3. The lowest BCUT2D eigenvalue weighted by Crippen LogP contribution is -2.33. The molecule has 1 aromatic carbocycles. The first kappa shape index (κ1) is 16.0. The Bertz CT molecular complexity index is 942. The van der Waals surface area contributed by atoms with Crippen molar-refractivity contribution in [3.05, 3.63) is 41.7 Å². The highest BCUT2D eigenvalue weighted by Gasteiger charge is 2.26. The van der Waals surface area contributed by atoms with Gasteiger partial charge in [-0.1, -0.05) is 0 Å². The third-order valence-electron chi connectivity index (χ3n) is 4.73. The van der Waals surface area contributed by atoms with Crippen molar-refractivity contribution in [3.63, 3.8) is 0 Å². The van der Waals surface area contributed by atoms with Gasteiger partial charge in [0, 0.05) is 37.6 Å². The number of benzene rings is 1. The van der Waals surface area contributed by atoms with E-state index in [1.807, 2.05) is 11.6 Å². The minimum atomic E-state index is -0.502. The van der Waals surface area contributed by atoms with Crippen LogP contribution in [0.15, 0.2) is 24.4 Å². The van der Waals surface area contributed by atoms with Crippen LogP contribution in [-0.4, -0.2) is 32.9 Å². The lowest BCUT2D eigenvalue weighted by molar-refractivity contribution is 0.0996. The van der Waals surface area contributed by atoms with Gasteiger partial charge in [-0.25, -0.2) is 9.37 Å². The van der Waals surface area contributed by atoms with E-state index in [1.165, 1.54) is 17.6 Å². The number of rotatable bonds is 3. The molecule has 1 fully saturated rings. The molecular weight excluding hydrogens is 341 g/mol. The predicted octanol–water partition coefficient (Wildman–Crippen LogP) is 2.65. The maximum atomic E-state index is 13.6. The molecule has 0 bridgehead atoms. The number of nitrogens with zero attached hydrogens (tertiary/aromatic N) is 4. The van der Waals surface area contributed by atoms with E-state index in [4.69, 9.17) is 5.73 Å². The van der Waals surface area contributed by atoms with Gasteiger partial charge in [0.1, 0.15) is 22.3 Å². The van der Waals surface area contributed by atoms with Gasteiger partial charge in [-0.3, -0.25) is 4.79 Å². The Kier molecular flexibility index (Phi) is 3.91. The zero-order valence-electron chi connectivity index (χ0n) is 13.8. The maximum absolute atomic E-state index is 13.6. The standard InChI is InChI=1S/C17H18FN5OS/c1-22-9-14(15(19)24)20-16(22)10-4-6-23(7-5-10)17-12-8-11(18)2-3-13(12)21-25-17/h2-3,8-10H,4-7H2,1H3,(H2,19,24). The summed E-state index contributed by atoms with van der Waals surface area (Å²) >= 11 is 1.41. The molecule has 0 radical (unpaired) electrons. The van der Waals surface area contributed by atoms with E-state index in [0.717, 1.165) is 47.7 Å². The predicted molar refractivity (Wildman–Crippen MR) is 95.5 cm³/mol. The first-order chi connectivity index (χ1) is 12.0. The molecule has 25 heavy (non-hydrogen) atoms. The molecule has 6 nitrogen and oxygen atoms in total. The molecule has 0 unspecified atom stereocenters. The second kappa shape index (κ2) is 6.11. The van der Waals surface area contributed by atoms with Gasteiger partial charge in [0.15, 0.2) is 0 Å². The smallest absolute Gasteiger partial charge is 0.268 e. The Balaban J connectivity index is 1.53. The third-order valence-corrected chi connectivity index (χ3v) is 5.67. The second-order valence-corrected chi connectivity index (χ2v) is 7.12. The summed E-state index contributed by atoms with van der Waals surface area (Å²) in [6.45, 7) is 1.69. The minimum absolute atomic E-state index is 0.240. The van der Waals surface area contributed by atoms with E-state index in [9.17, 15) is 9.18 Å². The molecular formula is C17H18FN5OS. The number of nitrogens with two attached hydrogens (primary N) is 1. The molecule has 0 aliphatic carbocycles. The normalized spacial score (nSPS) is 15.8. The van der Waals surface area contributed by atoms with Gasteiger partial charge >= 0.3 is 0 Å². The average Bonchev–Trinajstić information content (AvgIpc) is 3.18. The SMILES string of the molecule is Cn1cc(C(N)=O)nc1C1CCN(c2snc3ccc(F)cc23)CC1. The number of hydrogen-bond donors (Lipinski definition) is 1. The van der Waals surface area contributed by atoms with Crippen LogP contribution >= 0.6 is 11.5 Å². The van der Waals surface area contributed by atoms with Crippen molar-refractivity contribution in [1.82, 2.24) is 13.9 Å². The summed E-state index contributed by atoms with van der Waals surface area (Å²) in [5.41, 5.74) is 6.46. The van der Waals surface area contributed by atoms with Crippen molar-refractivity contribution < 1.29 is 9.18 Å². The lowest BCUT2D eigenvalue weighted by Gasteiger charge is -2.32. The number of hydrogen-bond acceptors (Lipinski definition) is 5. The highest BCUT2D eigenvalue weighted by Crippen LogP contribution is 2.36. The molecule has 2 aromatic heterocycles. The van der Waals surface area contributed by atoms with Gasteiger partial charge in [0.2, 0.25) is 0 Å². The summed E-state index contributed by atoms with van der Waals surface area (Å²) in [5, 5.41) is 1.89. The van der Waals surface area contributed by atoms with Crippen molar-refractivity contribution >= 4 is 33.3 Å². The van der Waals surface area contributed by atoms with Crippen molar-refractivity contribution in [1.29, 1.82) is 0 Å². The number of anilines is 1. The van der Waals surface area contributed by atoms with Crippen molar-refractivity contribution in [2.45, 2.75) is 18.8 Å². The van der Waals surface area contributed by atoms with Crippen LogP contribution in [0, 0.1) is 5.82 Å². The molecule has 0 spiro atoms. The number of imidazole rings is 1. The van der Waals surface area contributed by atoms with Gasteiger partial charge in [0.25, 0.3) is 5.91 Å². The highest BCUT2D eigenvalue weighted by molar-refractivity contribution is 7.11. The van der Waals surface area contributed by atoms with E-state index >= 15 is 0 Å². The fraction of sp³-hybridized carbons (Fsp3) is 0.353. The van der Waals surface area contributed by atoms with E-state index < -0.39 is 5.91 Å². The van der Waals surface area contributed by atoms with Crippen molar-refractivity contribution in [3.8, 4) is 0 Å². The first-order valence-corrected chi connectivity index (χ1v) is 8.93. The average molecular weight is 359 g/mol. The summed E-state index contributed by atoms with van der Waals surface area (Å²) in [4.78, 5) is 18.0. The number of piperidine rings is 1. The van der Waals surface area contributed by atoms with Crippen LogP contribution in [0.1, 0.15) is 35.1 Å². The highest BCUT2D eigenvalue weighted by atomic mass is 32.1. The van der Waals surface area contributed by atoms with Gasteiger partial charge in [-0.2, -0.15) is 4.37 Å². The molecule has 4 rings (SSSR count). The number of aryl methyl sites for hydroxylation is 1. The van der Waals surface area contributed by atoms with Crippen LogP contribution in [0.4, 0.5) is 9.39 Å². The van der Waals surface area contributed by atoms with Crippen molar-refractivity contribution in [2.75, 3.05) is 18.0 Å². The minimum Gasteiger partial charge on any atom is -0.364 e. The molecule has 1 aliphatic rings. The number of primary amides is 1. The fourth-order valence-electron chi connectivity index (χ4n) is 3.45. The first-order valence-electron chi connectivity index (χ1n) is 8.16. The Hall–Kier alpha value is -2.48. The quantitative estimate of drug-likeness (QED) is 0.780. The number of halogens is 1. The zero-order chi connectivity index (χ0) is 17.6. The topological polar surface area (TPSA) is 77.0 Å². The van der Waals surface area contributed by atoms with Crippen LogP contribution in [0.3, 0.4) is 0 Å². The van der Waals surface area contributed by atoms with E-state index in [2.05, 4.69) is 14.3 Å². The van der Waals surface area contributed by atoms with Crippen LogP contribution in [-0.2, 0) is 7.05 Å². The summed E-state index contributed by atoms with van der Waals surface area (Å²) < 4.78 is 19.9. The number of fused-ring (bicyclic) bond motifs is 1. The second-order valence-electron chi connectivity index (χ2n) is 6.37. The Labute approximate surface area is 148 Å². The molecule has 1 aliphatic heterocycles. The molecule has 0 atom stereocenters. The van der Waals surface area contributed by atoms with Gasteiger partial charge in [-0.15, -0.1) is 0 Å². The van der Waals surface area contributed by atoms with Crippen molar-refractivity contribution in [2.24, 2.45) is 12.8 Å². The molecule has 0 saturated carbocycles. The molecule has 1 saturated heterocycles. The molecule has 130 valence electrons. The monoisotopic (exact) mass is 359 g/mol. The van der Waals surface area contributed by atoms with Gasteiger partial charge in [-0.05, 0) is 42.6 Å². The zero-order valence-corrected chi connectivity index (χ0v) is 14.6. The number of amides is 1. The summed E-state index contributed by atoms with van der Waals surface area (Å²) in [6, 6.07) is 4.71.